The summed E-state index contributed by atoms with van der Waals surface area (Å²) in [6.07, 6.45) is 1.99. The van der Waals surface area contributed by atoms with Gasteiger partial charge in [-0.1, -0.05) is 18.2 Å². The zero-order valence-electron chi connectivity index (χ0n) is 14.8. The van der Waals surface area contributed by atoms with Crippen molar-refractivity contribution in [3.63, 3.8) is 0 Å². The maximum Gasteiger partial charge on any atom is 0.331 e. The van der Waals surface area contributed by atoms with E-state index >= 15 is 0 Å². The van der Waals surface area contributed by atoms with Gasteiger partial charge < -0.3 is 15.0 Å². The van der Waals surface area contributed by atoms with Gasteiger partial charge in [-0.3, -0.25) is 9.59 Å². The number of carbonyl (C=O) groups is 3. The number of carbonyl (C=O) groups excluding carboxylic acids is 3. The largest absolute Gasteiger partial charge is 0.452 e. The molecule has 9 nitrogen and oxygen atoms in total. The van der Waals surface area contributed by atoms with Crippen molar-refractivity contribution in [3.8, 4) is 0 Å². The number of likely N-dealkylation sites (N-methyl/N-ethyl adjacent to an activating group) is 1. The zero-order chi connectivity index (χ0) is 19.9. The van der Waals surface area contributed by atoms with E-state index in [4.69, 9.17) is 0 Å². The van der Waals surface area contributed by atoms with Gasteiger partial charge in [-0.2, -0.15) is 4.31 Å². The molecule has 0 aliphatic carbocycles. The lowest BCUT2D eigenvalue weighted by atomic mass is 10.3. The van der Waals surface area contributed by atoms with Crippen molar-refractivity contribution in [1.29, 1.82) is 0 Å². The molecule has 146 valence electrons. The van der Waals surface area contributed by atoms with Crippen LogP contribution in [-0.4, -0.2) is 75.2 Å². The maximum atomic E-state index is 12.5. The molecule has 1 fully saturated rings. The second-order valence-electron chi connectivity index (χ2n) is 5.66. The van der Waals surface area contributed by atoms with Gasteiger partial charge in [0.15, 0.2) is 6.61 Å². The van der Waals surface area contributed by atoms with E-state index < -0.39 is 34.4 Å². The molecule has 0 aromatic heterocycles. The third-order valence-corrected chi connectivity index (χ3v) is 5.83. The summed E-state index contributed by atoms with van der Waals surface area (Å²) in [6, 6.07) is 8.10. The van der Waals surface area contributed by atoms with Gasteiger partial charge in [0.05, 0.1) is 4.90 Å². The zero-order valence-corrected chi connectivity index (χ0v) is 15.6. The van der Waals surface area contributed by atoms with Crippen LogP contribution in [0.3, 0.4) is 0 Å². The molecule has 27 heavy (non-hydrogen) atoms. The summed E-state index contributed by atoms with van der Waals surface area (Å²) in [5.74, 6) is -1.69. The molecule has 2 rings (SSSR count). The van der Waals surface area contributed by atoms with Gasteiger partial charge in [-0.15, -0.1) is 0 Å². The molecule has 0 radical (unpaired) electrons. The SMILES string of the molecule is CNC(=O)COC(=O)/C=C/C(=O)N1CCN(S(=O)(=O)c2ccccc2)CC1. The summed E-state index contributed by atoms with van der Waals surface area (Å²) >= 11 is 0. The second kappa shape index (κ2) is 9.28. The molecule has 1 heterocycles. The summed E-state index contributed by atoms with van der Waals surface area (Å²) in [5.41, 5.74) is 0. The average Bonchev–Trinajstić information content (AvgIpc) is 2.70. The van der Waals surface area contributed by atoms with Crippen LogP contribution >= 0.6 is 0 Å². The number of piperazine rings is 1. The fourth-order valence-electron chi connectivity index (χ4n) is 2.39. The Labute approximate surface area is 157 Å². The van der Waals surface area contributed by atoms with Crippen LogP contribution in [0, 0.1) is 0 Å². The van der Waals surface area contributed by atoms with Gasteiger partial charge in [0.2, 0.25) is 15.9 Å². The standard InChI is InChI=1S/C17H21N3O6S/c1-18-15(21)13-26-17(23)8-7-16(22)19-9-11-20(12-10-19)27(24,25)14-5-3-2-4-6-14/h2-8H,9-13H2,1H3,(H,18,21)/b8-7+. The first-order valence-corrected chi connectivity index (χ1v) is 9.68. The summed E-state index contributed by atoms with van der Waals surface area (Å²) < 4.78 is 31.1. The minimum Gasteiger partial charge on any atom is -0.452 e. The highest BCUT2D eigenvalue weighted by atomic mass is 32.2. The number of ether oxygens (including phenoxy) is 1. The third-order valence-electron chi connectivity index (χ3n) is 3.92. The van der Waals surface area contributed by atoms with Gasteiger partial charge in [-0.05, 0) is 12.1 Å². The van der Waals surface area contributed by atoms with Crippen LogP contribution in [0.15, 0.2) is 47.4 Å². The molecule has 0 unspecified atom stereocenters. The lowest BCUT2D eigenvalue weighted by Gasteiger charge is -2.33. The molecular formula is C17H21N3O6S. The molecular weight excluding hydrogens is 374 g/mol. The maximum absolute atomic E-state index is 12.5. The smallest absolute Gasteiger partial charge is 0.331 e. The number of nitrogens with zero attached hydrogens (tertiary/aromatic N) is 2. The van der Waals surface area contributed by atoms with E-state index in [0.717, 1.165) is 12.2 Å². The van der Waals surface area contributed by atoms with Crippen molar-refractivity contribution in [2.45, 2.75) is 4.90 Å². The van der Waals surface area contributed by atoms with E-state index in [-0.39, 0.29) is 31.1 Å². The van der Waals surface area contributed by atoms with Gasteiger partial charge in [0.25, 0.3) is 5.91 Å². The van der Waals surface area contributed by atoms with Gasteiger partial charge in [0, 0.05) is 45.4 Å². The monoisotopic (exact) mass is 395 g/mol. The number of amides is 2. The van der Waals surface area contributed by atoms with Crippen LogP contribution in [0.5, 0.6) is 0 Å². The van der Waals surface area contributed by atoms with Crippen molar-refractivity contribution in [2.75, 3.05) is 39.8 Å². The molecule has 1 aliphatic rings. The molecule has 1 N–H and O–H groups in total. The predicted octanol–water partition coefficient (Wildman–Crippen LogP) is -0.635. The van der Waals surface area contributed by atoms with Crippen LogP contribution < -0.4 is 5.32 Å². The van der Waals surface area contributed by atoms with Crippen LogP contribution in [-0.2, 0) is 29.1 Å². The number of rotatable bonds is 6. The van der Waals surface area contributed by atoms with Crippen LogP contribution in [0.25, 0.3) is 0 Å². The number of nitrogens with one attached hydrogen (secondary N) is 1. The Morgan fingerprint density at radius 2 is 1.70 bits per heavy atom. The van der Waals surface area contributed by atoms with E-state index in [1.807, 2.05) is 0 Å². The fraction of sp³-hybridized carbons (Fsp3) is 0.353. The molecule has 0 bridgehead atoms. The molecule has 0 spiro atoms. The van der Waals surface area contributed by atoms with E-state index in [9.17, 15) is 22.8 Å². The Kier molecular flexibility index (Phi) is 7.08. The molecule has 1 aromatic carbocycles. The minimum absolute atomic E-state index is 0.165. The Balaban J connectivity index is 1.86. The fourth-order valence-corrected chi connectivity index (χ4v) is 3.84. The molecule has 10 heteroatoms. The molecule has 1 aromatic rings. The molecule has 2 amide bonds. The van der Waals surface area contributed by atoms with Crippen LogP contribution in [0.2, 0.25) is 0 Å². The van der Waals surface area contributed by atoms with Gasteiger partial charge >= 0.3 is 5.97 Å². The first-order chi connectivity index (χ1) is 12.8. The molecule has 0 saturated carbocycles. The third kappa shape index (κ3) is 5.63. The average molecular weight is 395 g/mol. The highest BCUT2D eigenvalue weighted by molar-refractivity contribution is 7.89. The summed E-state index contributed by atoms with van der Waals surface area (Å²) in [4.78, 5) is 36.2. The highest BCUT2D eigenvalue weighted by Gasteiger charge is 2.29. The number of hydrogen-bond acceptors (Lipinski definition) is 6. The Hall–Kier alpha value is -2.72. The predicted molar refractivity (Wildman–Crippen MR) is 95.9 cm³/mol. The van der Waals surface area contributed by atoms with Gasteiger partial charge in [0.1, 0.15) is 0 Å². The van der Waals surface area contributed by atoms with Crippen molar-refractivity contribution in [2.24, 2.45) is 0 Å². The second-order valence-corrected chi connectivity index (χ2v) is 7.59. The number of sulfonamides is 1. The van der Waals surface area contributed by atoms with E-state index in [2.05, 4.69) is 10.1 Å². The van der Waals surface area contributed by atoms with E-state index in [1.165, 1.54) is 28.4 Å². The number of benzene rings is 1. The van der Waals surface area contributed by atoms with Crippen molar-refractivity contribution >= 4 is 27.8 Å². The van der Waals surface area contributed by atoms with Crippen LogP contribution in [0.4, 0.5) is 0 Å². The van der Waals surface area contributed by atoms with Crippen molar-refractivity contribution in [1.82, 2.24) is 14.5 Å². The lowest BCUT2D eigenvalue weighted by Crippen LogP contribution is -2.50. The minimum atomic E-state index is -3.59. The summed E-state index contributed by atoms with van der Waals surface area (Å²) in [5, 5.41) is 2.30. The lowest BCUT2D eigenvalue weighted by molar-refractivity contribution is -0.143. The van der Waals surface area contributed by atoms with Crippen LogP contribution in [0.1, 0.15) is 0 Å². The Bertz CT molecular complexity index is 814. The Morgan fingerprint density at radius 3 is 2.30 bits per heavy atom. The van der Waals surface area contributed by atoms with E-state index in [1.54, 1.807) is 18.2 Å². The normalized spacial score (nSPS) is 15.5. The molecule has 1 aliphatic heterocycles. The first-order valence-electron chi connectivity index (χ1n) is 8.24. The molecule has 1 saturated heterocycles. The summed E-state index contributed by atoms with van der Waals surface area (Å²) in [7, 11) is -2.18. The Morgan fingerprint density at radius 1 is 1.07 bits per heavy atom. The van der Waals surface area contributed by atoms with E-state index in [0.29, 0.717) is 0 Å². The molecule has 0 atom stereocenters. The van der Waals surface area contributed by atoms with Gasteiger partial charge in [-0.25, -0.2) is 13.2 Å². The highest BCUT2D eigenvalue weighted by Crippen LogP contribution is 2.17. The number of esters is 1. The summed E-state index contributed by atoms with van der Waals surface area (Å²) in [6.45, 7) is 0.324. The van der Waals surface area contributed by atoms with Crippen molar-refractivity contribution < 1.29 is 27.5 Å². The first kappa shape index (κ1) is 20.6. The van der Waals surface area contributed by atoms with Crippen molar-refractivity contribution in [3.05, 3.63) is 42.5 Å². The number of hydrogen-bond donors (Lipinski definition) is 1. The quantitative estimate of drug-likeness (QED) is 0.507. The topological polar surface area (TPSA) is 113 Å².